The number of nitrogens with one attached hydrogen (secondary N) is 2. The van der Waals surface area contributed by atoms with Crippen LogP contribution in [-0.2, 0) is 11.3 Å². The van der Waals surface area contributed by atoms with Crippen molar-refractivity contribution in [2.75, 3.05) is 5.32 Å². The molecule has 2 aromatic rings. The Bertz CT molecular complexity index is 588. The van der Waals surface area contributed by atoms with E-state index in [1.54, 1.807) is 0 Å². The largest absolute Gasteiger partial charge is 0.326 e. The summed E-state index contributed by atoms with van der Waals surface area (Å²) in [5, 5.41) is 9.75. The van der Waals surface area contributed by atoms with Crippen LogP contribution in [0.3, 0.4) is 0 Å². The molecule has 1 amide bonds. The summed E-state index contributed by atoms with van der Waals surface area (Å²) < 4.78 is 0. The molecule has 0 saturated heterocycles. The van der Waals surface area contributed by atoms with E-state index in [2.05, 4.69) is 34.3 Å². The quantitative estimate of drug-likeness (QED) is 0.759. The number of hydrogen-bond acceptors (Lipinski definition) is 4. The minimum atomic E-state index is 0.0414. The van der Waals surface area contributed by atoms with Gasteiger partial charge < -0.3 is 11.1 Å². The Morgan fingerprint density at radius 1 is 1.33 bits per heavy atom. The van der Waals surface area contributed by atoms with Crippen molar-refractivity contribution in [1.29, 1.82) is 0 Å². The summed E-state index contributed by atoms with van der Waals surface area (Å²) >= 11 is 0. The van der Waals surface area contributed by atoms with Crippen molar-refractivity contribution >= 4 is 11.6 Å². The number of anilines is 1. The van der Waals surface area contributed by atoms with Crippen molar-refractivity contribution < 1.29 is 4.79 Å². The predicted molar refractivity (Wildman–Crippen MR) is 82.4 cm³/mol. The van der Waals surface area contributed by atoms with E-state index in [0.29, 0.717) is 30.5 Å². The fraction of sp³-hybridized carbons (Fsp3) is 0.400. The lowest BCUT2D eigenvalue weighted by atomic mass is 10.1. The van der Waals surface area contributed by atoms with Gasteiger partial charge in [0, 0.05) is 17.7 Å². The average molecular weight is 287 g/mol. The summed E-state index contributed by atoms with van der Waals surface area (Å²) in [7, 11) is 0. The van der Waals surface area contributed by atoms with Gasteiger partial charge >= 0.3 is 0 Å². The maximum atomic E-state index is 11.8. The first-order valence-corrected chi connectivity index (χ1v) is 7.10. The topological polar surface area (TPSA) is 96.7 Å². The van der Waals surface area contributed by atoms with Crippen molar-refractivity contribution in [2.24, 2.45) is 11.7 Å². The van der Waals surface area contributed by atoms with Gasteiger partial charge in [0.2, 0.25) is 5.91 Å². The van der Waals surface area contributed by atoms with Gasteiger partial charge in [-0.15, -0.1) is 0 Å². The third kappa shape index (κ3) is 4.39. The van der Waals surface area contributed by atoms with Crippen LogP contribution in [0.25, 0.3) is 11.4 Å². The first kappa shape index (κ1) is 15.2. The summed E-state index contributed by atoms with van der Waals surface area (Å²) in [4.78, 5) is 16.0. The standard InChI is InChI=1S/C15H21N5O/c1-10(2)3-8-14(21)17-12-6-4-11(5-7-12)15-18-13(9-16)19-20-15/h4-7,10H,3,8-9,16H2,1-2H3,(H,17,21)(H,18,19,20). The number of nitrogens with two attached hydrogens (primary N) is 1. The Labute approximate surface area is 124 Å². The van der Waals surface area contributed by atoms with Gasteiger partial charge in [-0.25, -0.2) is 4.98 Å². The number of carbonyl (C=O) groups is 1. The highest BCUT2D eigenvalue weighted by atomic mass is 16.1. The maximum Gasteiger partial charge on any atom is 0.224 e. The number of amides is 1. The molecule has 2 rings (SSSR count). The molecule has 0 spiro atoms. The van der Waals surface area contributed by atoms with Gasteiger partial charge in [-0.3, -0.25) is 9.89 Å². The molecule has 0 aliphatic carbocycles. The molecular weight excluding hydrogens is 266 g/mol. The van der Waals surface area contributed by atoms with Gasteiger partial charge in [0.25, 0.3) is 0 Å². The second-order valence-corrected chi connectivity index (χ2v) is 5.37. The normalized spacial score (nSPS) is 10.9. The van der Waals surface area contributed by atoms with Crippen LogP contribution in [0.4, 0.5) is 5.69 Å². The third-order valence-corrected chi connectivity index (χ3v) is 3.10. The molecule has 6 heteroatoms. The van der Waals surface area contributed by atoms with E-state index in [-0.39, 0.29) is 5.91 Å². The number of aromatic nitrogens is 3. The fourth-order valence-electron chi connectivity index (χ4n) is 1.86. The zero-order valence-electron chi connectivity index (χ0n) is 12.4. The molecule has 112 valence electrons. The van der Waals surface area contributed by atoms with Crippen LogP contribution < -0.4 is 11.1 Å². The Balaban J connectivity index is 1.97. The summed E-state index contributed by atoms with van der Waals surface area (Å²) in [6, 6.07) is 7.45. The Kier molecular flexibility index (Phi) is 5.05. The number of H-pyrrole nitrogens is 1. The van der Waals surface area contributed by atoms with Crippen LogP contribution in [0.1, 0.15) is 32.5 Å². The van der Waals surface area contributed by atoms with E-state index < -0.39 is 0 Å². The molecule has 0 atom stereocenters. The van der Waals surface area contributed by atoms with Crippen molar-refractivity contribution in [3.05, 3.63) is 30.1 Å². The number of rotatable bonds is 6. The lowest BCUT2D eigenvalue weighted by Gasteiger charge is -2.07. The van der Waals surface area contributed by atoms with Gasteiger partial charge in [0.15, 0.2) is 5.82 Å². The van der Waals surface area contributed by atoms with Crippen molar-refractivity contribution in [3.8, 4) is 11.4 Å². The number of hydrogen-bond donors (Lipinski definition) is 3. The lowest BCUT2D eigenvalue weighted by Crippen LogP contribution is -2.12. The number of benzene rings is 1. The minimum absolute atomic E-state index is 0.0414. The van der Waals surface area contributed by atoms with Gasteiger partial charge in [0.05, 0.1) is 6.54 Å². The first-order chi connectivity index (χ1) is 10.1. The molecule has 0 fully saturated rings. The highest BCUT2D eigenvalue weighted by Gasteiger charge is 2.07. The zero-order chi connectivity index (χ0) is 15.2. The third-order valence-electron chi connectivity index (χ3n) is 3.10. The molecule has 0 saturated carbocycles. The van der Waals surface area contributed by atoms with E-state index in [1.807, 2.05) is 24.3 Å². The van der Waals surface area contributed by atoms with Crippen molar-refractivity contribution in [3.63, 3.8) is 0 Å². The zero-order valence-corrected chi connectivity index (χ0v) is 12.4. The highest BCUT2D eigenvalue weighted by molar-refractivity contribution is 5.90. The van der Waals surface area contributed by atoms with Gasteiger partial charge in [-0.05, 0) is 36.6 Å². The smallest absolute Gasteiger partial charge is 0.224 e. The monoisotopic (exact) mass is 287 g/mol. The molecule has 0 radical (unpaired) electrons. The Hall–Kier alpha value is -2.21. The molecule has 1 heterocycles. The molecule has 0 bridgehead atoms. The lowest BCUT2D eigenvalue weighted by molar-refractivity contribution is -0.116. The van der Waals surface area contributed by atoms with Gasteiger partial charge in [-0.1, -0.05) is 13.8 Å². The molecule has 1 aromatic carbocycles. The highest BCUT2D eigenvalue weighted by Crippen LogP contribution is 2.18. The molecule has 0 aliphatic rings. The van der Waals surface area contributed by atoms with Crippen molar-refractivity contribution in [1.82, 2.24) is 15.2 Å². The fourth-order valence-corrected chi connectivity index (χ4v) is 1.86. The maximum absolute atomic E-state index is 11.8. The summed E-state index contributed by atoms with van der Waals surface area (Å²) in [5.41, 5.74) is 7.15. The molecule has 0 unspecified atom stereocenters. The van der Waals surface area contributed by atoms with Gasteiger partial charge in [0.1, 0.15) is 5.82 Å². The SMILES string of the molecule is CC(C)CCC(=O)Nc1ccc(-c2n[nH]c(CN)n2)cc1. The molecular formula is C15H21N5O. The van der Waals surface area contributed by atoms with Crippen LogP contribution in [0.5, 0.6) is 0 Å². The van der Waals surface area contributed by atoms with E-state index in [0.717, 1.165) is 17.7 Å². The van der Waals surface area contributed by atoms with Crippen LogP contribution in [0, 0.1) is 5.92 Å². The number of nitrogens with zero attached hydrogens (tertiary/aromatic N) is 2. The molecule has 0 aliphatic heterocycles. The van der Waals surface area contributed by atoms with E-state index >= 15 is 0 Å². The number of aromatic amines is 1. The molecule has 4 N–H and O–H groups in total. The van der Waals surface area contributed by atoms with E-state index in [4.69, 9.17) is 5.73 Å². The Morgan fingerprint density at radius 3 is 2.62 bits per heavy atom. The Morgan fingerprint density at radius 2 is 2.05 bits per heavy atom. The van der Waals surface area contributed by atoms with Crippen molar-refractivity contribution in [2.45, 2.75) is 33.2 Å². The van der Waals surface area contributed by atoms with E-state index in [1.165, 1.54) is 0 Å². The van der Waals surface area contributed by atoms with Gasteiger partial charge in [-0.2, -0.15) is 5.10 Å². The molecule has 6 nitrogen and oxygen atoms in total. The average Bonchev–Trinajstić information content (AvgIpc) is 2.95. The summed E-state index contributed by atoms with van der Waals surface area (Å²) in [6.07, 6.45) is 1.43. The summed E-state index contributed by atoms with van der Waals surface area (Å²) in [5.74, 6) is 1.82. The second-order valence-electron chi connectivity index (χ2n) is 5.37. The molecule has 21 heavy (non-hydrogen) atoms. The van der Waals surface area contributed by atoms with E-state index in [9.17, 15) is 4.79 Å². The minimum Gasteiger partial charge on any atom is -0.326 e. The first-order valence-electron chi connectivity index (χ1n) is 7.10. The number of carbonyl (C=O) groups excluding carboxylic acids is 1. The summed E-state index contributed by atoms with van der Waals surface area (Å²) in [6.45, 7) is 4.54. The predicted octanol–water partition coefficient (Wildman–Crippen LogP) is 2.31. The van der Waals surface area contributed by atoms with Crippen LogP contribution in [0.15, 0.2) is 24.3 Å². The molecule has 1 aromatic heterocycles. The second kappa shape index (κ2) is 6.99. The van der Waals surface area contributed by atoms with Crippen LogP contribution in [-0.4, -0.2) is 21.1 Å². The van der Waals surface area contributed by atoms with Crippen LogP contribution in [0.2, 0.25) is 0 Å². The van der Waals surface area contributed by atoms with Crippen LogP contribution >= 0.6 is 0 Å².